The summed E-state index contributed by atoms with van der Waals surface area (Å²) in [6.45, 7) is 9.60. The van der Waals surface area contributed by atoms with Gasteiger partial charge in [0.05, 0.1) is 0 Å². The predicted octanol–water partition coefficient (Wildman–Crippen LogP) is 2.11. The molecule has 0 fully saturated rings. The van der Waals surface area contributed by atoms with Crippen molar-refractivity contribution in [3.63, 3.8) is 0 Å². The van der Waals surface area contributed by atoms with E-state index < -0.39 is 0 Å². The predicted molar refractivity (Wildman–Crippen MR) is 80.8 cm³/mol. The second-order valence-corrected chi connectivity index (χ2v) is 4.71. The molecule has 0 bridgehead atoms. The van der Waals surface area contributed by atoms with E-state index in [1.807, 2.05) is 32.2 Å². The van der Waals surface area contributed by atoms with Gasteiger partial charge in [-0.1, -0.05) is 6.92 Å². The van der Waals surface area contributed by atoms with Crippen LogP contribution in [0, 0.1) is 6.92 Å². The molecule has 0 spiro atoms. The minimum Gasteiger partial charge on any atom is -0.385 e. The van der Waals surface area contributed by atoms with Crippen molar-refractivity contribution < 1.29 is 4.79 Å². The second-order valence-electron chi connectivity index (χ2n) is 4.71. The van der Waals surface area contributed by atoms with Gasteiger partial charge in [0.15, 0.2) is 0 Å². The molecular weight excluding hydrogens is 238 g/mol. The molecule has 0 atom stereocenters. The van der Waals surface area contributed by atoms with Crippen molar-refractivity contribution in [3.8, 4) is 0 Å². The summed E-state index contributed by atoms with van der Waals surface area (Å²) in [5.41, 5.74) is 2.91. The van der Waals surface area contributed by atoms with Crippen molar-refractivity contribution in [1.29, 1.82) is 0 Å². The van der Waals surface area contributed by atoms with E-state index in [9.17, 15) is 4.79 Å². The fourth-order valence-electron chi connectivity index (χ4n) is 1.81. The van der Waals surface area contributed by atoms with Gasteiger partial charge in [0.2, 0.25) is 0 Å². The van der Waals surface area contributed by atoms with E-state index in [0.717, 1.165) is 36.4 Å². The third kappa shape index (κ3) is 4.91. The third-order valence-corrected chi connectivity index (χ3v) is 3.17. The van der Waals surface area contributed by atoms with Gasteiger partial charge >= 0.3 is 0 Å². The minimum absolute atomic E-state index is 0.00403. The van der Waals surface area contributed by atoms with Gasteiger partial charge in [-0.15, -0.1) is 0 Å². The summed E-state index contributed by atoms with van der Waals surface area (Å²) in [5.74, 6) is -0.00403. The smallest absolute Gasteiger partial charge is 0.251 e. The summed E-state index contributed by atoms with van der Waals surface area (Å²) in [6, 6.07) is 5.76. The quantitative estimate of drug-likeness (QED) is 0.792. The largest absolute Gasteiger partial charge is 0.385 e. The number of aryl methyl sites for hydroxylation is 1. The number of amides is 1. The first-order valence-corrected chi connectivity index (χ1v) is 6.89. The molecular formula is C15H25N3O. The zero-order chi connectivity index (χ0) is 14.3. The maximum absolute atomic E-state index is 12.0. The molecule has 0 unspecified atom stereocenters. The molecule has 1 aromatic rings. The van der Waals surface area contributed by atoms with Crippen molar-refractivity contribution in [3.05, 3.63) is 29.3 Å². The third-order valence-electron chi connectivity index (χ3n) is 3.17. The Balaban J connectivity index is 2.55. The Bertz CT molecular complexity index is 418. The Labute approximate surface area is 116 Å². The van der Waals surface area contributed by atoms with Crippen LogP contribution in [0.15, 0.2) is 18.2 Å². The van der Waals surface area contributed by atoms with E-state index in [-0.39, 0.29) is 5.91 Å². The molecule has 0 heterocycles. The highest BCUT2D eigenvalue weighted by Crippen LogP contribution is 2.16. The zero-order valence-electron chi connectivity index (χ0n) is 12.4. The van der Waals surface area contributed by atoms with Crippen LogP contribution in [0.3, 0.4) is 0 Å². The molecule has 0 radical (unpaired) electrons. The lowest BCUT2D eigenvalue weighted by Gasteiger charge is -2.14. The first-order chi connectivity index (χ1) is 9.08. The fraction of sp³-hybridized carbons (Fsp3) is 0.533. The summed E-state index contributed by atoms with van der Waals surface area (Å²) in [7, 11) is 2.04. The molecule has 1 rings (SSSR count). The van der Waals surface area contributed by atoms with Gasteiger partial charge < -0.3 is 15.5 Å². The van der Waals surface area contributed by atoms with Crippen LogP contribution in [0.1, 0.15) is 29.8 Å². The monoisotopic (exact) mass is 263 g/mol. The topological polar surface area (TPSA) is 44.4 Å². The van der Waals surface area contributed by atoms with Gasteiger partial charge in [-0.3, -0.25) is 4.79 Å². The number of anilines is 1. The molecule has 1 aromatic carbocycles. The maximum atomic E-state index is 12.0. The molecule has 0 aliphatic heterocycles. The average molecular weight is 263 g/mol. The van der Waals surface area contributed by atoms with Crippen LogP contribution in [0.5, 0.6) is 0 Å². The molecule has 106 valence electrons. The molecule has 2 N–H and O–H groups in total. The number of likely N-dealkylation sites (N-methyl/N-ethyl adjacent to an activating group) is 1. The molecule has 4 heteroatoms. The summed E-state index contributed by atoms with van der Waals surface area (Å²) in [5, 5.41) is 6.21. The first-order valence-electron chi connectivity index (χ1n) is 6.89. The lowest BCUT2D eigenvalue weighted by Crippen LogP contribution is -2.32. The summed E-state index contributed by atoms with van der Waals surface area (Å²) in [6.07, 6.45) is 0. The Kier molecular flexibility index (Phi) is 6.36. The van der Waals surface area contributed by atoms with Gasteiger partial charge in [-0.05, 0) is 51.2 Å². The highest BCUT2D eigenvalue weighted by molar-refractivity contribution is 5.94. The van der Waals surface area contributed by atoms with Crippen LogP contribution < -0.4 is 10.6 Å². The summed E-state index contributed by atoms with van der Waals surface area (Å²) in [4.78, 5) is 14.2. The molecule has 0 aromatic heterocycles. The number of nitrogens with one attached hydrogen (secondary N) is 2. The fourth-order valence-corrected chi connectivity index (χ4v) is 1.81. The van der Waals surface area contributed by atoms with Crippen LogP contribution >= 0.6 is 0 Å². The van der Waals surface area contributed by atoms with Crippen LogP contribution in [-0.4, -0.2) is 44.0 Å². The summed E-state index contributed by atoms with van der Waals surface area (Å²) < 4.78 is 0. The number of hydrogen-bond acceptors (Lipinski definition) is 3. The Morgan fingerprint density at radius 2 is 2.05 bits per heavy atom. The van der Waals surface area contributed by atoms with Crippen LogP contribution in [0.4, 0.5) is 5.69 Å². The molecule has 0 saturated heterocycles. The number of nitrogens with zero attached hydrogens (tertiary/aromatic N) is 1. The number of rotatable bonds is 7. The highest BCUT2D eigenvalue weighted by Gasteiger charge is 2.07. The Hall–Kier alpha value is -1.55. The van der Waals surface area contributed by atoms with Crippen LogP contribution in [-0.2, 0) is 0 Å². The number of carbonyl (C=O) groups is 1. The molecule has 0 saturated carbocycles. The zero-order valence-corrected chi connectivity index (χ0v) is 12.4. The Morgan fingerprint density at radius 1 is 1.32 bits per heavy atom. The van der Waals surface area contributed by atoms with E-state index in [1.54, 1.807) is 0 Å². The first kappa shape index (κ1) is 15.5. The van der Waals surface area contributed by atoms with E-state index >= 15 is 0 Å². The van der Waals surface area contributed by atoms with Crippen molar-refractivity contribution in [1.82, 2.24) is 10.2 Å². The van der Waals surface area contributed by atoms with Crippen LogP contribution in [0.2, 0.25) is 0 Å². The molecule has 19 heavy (non-hydrogen) atoms. The molecule has 1 amide bonds. The molecule has 0 aliphatic rings. The lowest BCUT2D eigenvalue weighted by atomic mass is 10.1. The highest BCUT2D eigenvalue weighted by atomic mass is 16.1. The van der Waals surface area contributed by atoms with E-state index in [2.05, 4.69) is 29.4 Å². The average Bonchev–Trinajstić information content (AvgIpc) is 2.40. The van der Waals surface area contributed by atoms with E-state index in [1.165, 1.54) is 0 Å². The van der Waals surface area contributed by atoms with Gasteiger partial charge in [0, 0.05) is 30.9 Å². The van der Waals surface area contributed by atoms with Crippen LogP contribution in [0.25, 0.3) is 0 Å². The van der Waals surface area contributed by atoms with Gasteiger partial charge in [0.1, 0.15) is 0 Å². The second kappa shape index (κ2) is 7.79. The SMILES string of the molecule is CCNc1ccc(C(=O)NCCN(C)CC)cc1C. The standard InChI is InChI=1S/C15H25N3O/c1-5-16-14-8-7-13(11-12(14)3)15(19)17-9-10-18(4)6-2/h7-8,11,16H,5-6,9-10H2,1-4H3,(H,17,19). The van der Waals surface area contributed by atoms with Crippen molar-refractivity contribution in [2.24, 2.45) is 0 Å². The number of hydrogen-bond donors (Lipinski definition) is 2. The number of carbonyl (C=O) groups excluding carboxylic acids is 1. The van der Waals surface area contributed by atoms with Crippen molar-refractivity contribution >= 4 is 11.6 Å². The maximum Gasteiger partial charge on any atom is 0.251 e. The lowest BCUT2D eigenvalue weighted by molar-refractivity contribution is 0.0950. The van der Waals surface area contributed by atoms with E-state index in [0.29, 0.717) is 6.54 Å². The van der Waals surface area contributed by atoms with Crippen molar-refractivity contribution in [2.45, 2.75) is 20.8 Å². The normalized spacial score (nSPS) is 10.6. The van der Waals surface area contributed by atoms with Gasteiger partial charge in [-0.25, -0.2) is 0 Å². The van der Waals surface area contributed by atoms with Gasteiger partial charge in [-0.2, -0.15) is 0 Å². The molecule has 0 aliphatic carbocycles. The van der Waals surface area contributed by atoms with Gasteiger partial charge in [0.25, 0.3) is 5.91 Å². The molecule has 4 nitrogen and oxygen atoms in total. The van der Waals surface area contributed by atoms with Crippen molar-refractivity contribution in [2.75, 3.05) is 38.5 Å². The number of benzene rings is 1. The minimum atomic E-state index is -0.00403. The van der Waals surface area contributed by atoms with E-state index in [4.69, 9.17) is 0 Å². The summed E-state index contributed by atoms with van der Waals surface area (Å²) >= 11 is 0. The Morgan fingerprint density at radius 3 is 2.63 bits per heavy atom.